The molecule has 0 saturated carbocycles. The number of pyridine rings is 1. The van der Waals surface area contributed by atoms with Crippen LogP contribution in [-0.2, 0) is 17.9 Å². The fourth-order valence-electron chi connectivity index (χ4n) is 3.23. The van der Waals surface area contributed by atoms with Gasteiger partial charge in [0.1, 0.15) is 12.7 Å². The minimum absolute atomic E-state index is 0.175. The summed E-state index contributed by atoms with van der Waals surface area (Å²) < 4.78 is 7.57. The standard InChI is InChI=1S/C25H25N5O2/c1-2-13-32-25-22(14-21-5-3-4-6-23(21)29-25)11-12-24(31)27-15-19-7-9-20(10-8-19)16-30-18-26-17-28-30/h3-12,14,17-18H,2,13,15-16H2,1H3,(H,27,31)/b12-11+. The minimum atomic E-state index is -0.175. The molecule has 4 aromatic rings. The van der Waals surface area contributed by atoms with Gasteiger partial charge < -0.3 is 10.1 Å². The van der Waals surface area contributed by atoms with E-state index in [1.54, 1.807) is 17.1 Å². The molecule has 0 aliphatic heterocycles. The molecule has 0 radical (unpaired) electrons. The second kappa shape index (κ2) is 10.3. The molecular formula is C25H25N5O2. The summed E-state index contributed by atoms with van der Waals surface area (Å²) in [6.07, 6.45) is 7.36. The van der Waals surface area contributed by atoms with Gasteiger partial charge >= 0.3 is 0 Å². The zero-order valence-corrected chi connectivity index (χ0v) is 17.9. The summed E-state index contributed by atoms with van der Waals surface area (Å²) in [4.78, 5) is 20.9. The molecule has 2 aromatic heterocycles. The molecule has 1 N–H and O–H groups in total. The Kier molecular flexibility index (Phi) is 6.87. The first-order valence-corrected chi connectivity index (χ1v) is 10.6. The van der Waals surface area contributed by atoms with Crippen LogP contribution in [0.3, 0.4) is 0 Å². The van der Waals surface area contributed by atoms with Crippen LogP contribution >= 0.6 is 0 Å². The van der Waals surface area contributed by atoms with E-state index in [0.29, 0.717) is 25.6 Å². The van der Waals surface area contributed by atoms with E-state index in [0.717, 1.165) is 34.0 Å². The normalized spacial score (nSPS) is 11.2. The van der Waals surface area contributed by atoms with Gasteiger partial charge in [0, 0.05) is 23.6 Å². The number of aromatic nitrogens is 4. The lowest BCUT2D eigenvalue weighted by Crippen LogP contribution is -2.20. The van der Waals surface area contributed by atoms with E-state index >= 15 is 0 Å². The van der Waals surface area contributed by atoms with Gasteiger partial charge in [0.15, 0.2) is 0 Å². The van der Waals surface area contributed by atoms with Crippen molar-refractivity contribution in [2.75, 3.05) is 6.61 Å². The number of hydrogen-bond donors (Lipinski definition) is 1. The second-order valence-electron chi connectivity index (χ2n) is 7.38. The Balaban J connectivity index is 1.38. The highest BCUT2D eigenvalue weighted by Crippen LogP contribution is 2.23. The van der Waals surface area contributed by atoms with Crippen molar-refractivity contribution in [3.05, 3.63) is 90.0 Å². The van der Waals surface area contributed by atoms with Crippen molar-refractivity contribution < 1.29 is 9.53 Å². The Morgan fingerprint density at radius 1 is 1.12 bits per heavy atom. The molecule has 7 nitrogen and oxygen atoms in total. The number of hydrogen-bond acceptors (Lipinski definition) is 5. The Morgan fingerprint density at radius 3 is 2.72 bits per heavy atom. The molecule has 0 fully saturated rings. The first-order chi connectivity index (χ1) is 15.7. The van der Waals surface area contributed by atoms with Gasteiger partial charge in [-0.25, -0.2) is 14.6 Å². The number of nitrogens with zero attached hydrogens (tertiary/aromatic N) is 4. The highest BCUT2D eigenvalue weighted by atomic mass is 16.5. The lowest BCUT2D eigenvalue weighted by atomic mass is 10.1. The van der Waals surface area contributed by atoms with Crippen LogP contribution in [0.1, 0.15) is 30.0 Å². The van der Waals surface area contributed by atoms with Crippen LogP contribution in [0.4, 0.5) is 0 Å². The SMILES string of the molecule is CCCOc1nc2ccccc2cc1/C=C/C(=O)NCc1ccc(Cn2cncn2)cc1. The Bertz CT molecular complexity index is 1200. The van der Waals surface area contributed by atoms with Crippen molar-refractivity contribution in [3.8, 4) is 5.88 Å². The predicted octanol–water partition coefficient (Wildman–Crippen LogP) is 3.99. The number of fused-ring (bicyclic) bond motifs is 1. The van der Waals surface area contributed by atoms with Gasteiger partial charge in [-0.1, -0.05) is 49.4 Å². The fourth-order valence-corrected chi connectivity index (χ4v) is 3.23. The first kappa shape index (κ1) is 21.2. The molecule has 0 spiro atoms. The van der Waals surface area contributed by atoms with Crippen LogP contribution in [0.15, 0.2) is 73.3 Å². The Morgan fingerprint density at radius 2 is 1.94 bits per heavy atom. The lowest BCUT2D eigenvalue weighted by Gasteiger charge is -2.09. The predicted molar refractivity (Wildman–Crippen MR) is 124 cm³/mol. The summed E-state index contributed by atoms with van der Waals surface area (Å²) in [7, 11) is 0. The van der Waals surface area contributed by atoms with Gasteiger partial charge in [-0.05, 0) is 35.8 Å². The largest absolute Gasteiger partial charge is 0.477 e. The molecule has 2 heterocycles. The number of ether oxygens (including phenoxy) is 1. The molecule has 0 bridgehead atoms. The number of para-hydroxylation sites is 1. The average molecular weight is 428 g/mol. The maximum Gasteiger partial charge on any atom is 0.244 e. The van der Waals surface area contributed by atoms with Crippen molar-refractivity contribution >= 4 is 22.9 Å². The smallest absolute Gasteiger partial charge is 0.244 e. The number of amides is 1. The number of nitrogens with one attached hydrogen (secondary N) is 1. The molecule has 0 saturated heterocycles. The van der Waals surface area contributed by atoms with Gasteiger partial charge in [0.2, 0.25) is 11.8 Å². The van der Waals surface area contributed by atoms with Crippen molar-refractivity contribution in [1.82, 2.24) is 25.1 Å². The first-order valence-electron chi connectivity index (χ1n) is 10.6. The van der Waals surface area contributed by atoms with E-state index in [2.05, 4.69) is 20.4 Å². The third-order valence-corrected chi connectivity index (χ3v) is 4.87. The number of carbonyl (C=O) groups is 1. The maximum atomic E-state index is 12.4. The van der Waals surface area contributed by atoms with Crippen LogP contribution in [0.2, 0.25) is 0 Å². The Hall–Kier alpha value is -4.00. The van der Waals surface area contributed by atoms with E-state index in [-0.39, 0.29) is 5.91 Å². The van der Waals surface area contributed by atoms with Crippen molar-refractivity contribution in [1.29, 1.82) is 0 Å². The summed E-state index contributed by atoms with van der Waals surface area (Å²) in [6.45, 7) is 3.73. The number of carbonyl (C=O) groups excluding carboxylic acids is 1. The molecule has 32 heavy (non-hydrogen) atoms. The van der Waals surface area contributed by atoms with Crippen molar-refractivity contribution in [3.63, 3.8) is 0 Å². The monoisotopic (exact) mass is 427 g/mol. The van der Waals surface area contributed by atoms with E-state index in [9.17, 15) is 4.79 Å². The van der Waals surface area contributed by atoms with E-state index in [1.807, 2.05) is 61.5 Å². The number of benzene rings is 2. The third-order valence-electron chi connectivity index (χ3n) is 4.87. The van der Waals surface area contributed by atoms with Gasteiger partial charge in [-0.15, -0.1) is 0 Å². The highest BCUT2D eigenvalue weighted by molar-refractivity contribution is 5.93. The van der Waals surface area contributed by atoms with Crippen LogP contribution in [0.5, 0.6) is 5.88 Å². The number of rotatable bonds is 9. The van der Waals surface area contributed by atoms with Crippen molar-refractivity contribution in [2.45, 2.75) is 26.4 Å². The van der Waals surface area contributed by atoms with Crippen LogP contribution < -0.4 is 10.1 Å². The van der Waals surface area contributed by atoms with Crippen LogP contribution in [-0.4, -0.2) is 32.3 Å². The zero-order chi connectivity index (χ0) is 22.2. The van der Waals surface area contributed by atoms with Gasteiger partial charge in [-0.3, -0.25) is 4.79 Å². The molecule has 162 valence electrons. The highest BCUT2D eigenvalue weighted by Gasteiger charge is 2.07. The Labute approximate surface area is 186 Å². The molecule has 0 aliphatic rings. The van der Waals surface area contributed by atoms with Gasteiger partial charge in [0.05, 0.1) is 18.7 Å². The van der Waals surface area contributed by atoms with Crippen LogP contribution in [0.25, 0.3) is 17.0 Å². The fraction of sp³-hybridized carbons (Fsp3) is 0.200. The minimum Gasteiger partial charge on any atom is -0.477 e. The van der Waals surface area contributed by atoms with E-state index in [1.165, 1.54) is 12.4 Å². The van der Waals surface area contributed by atoms with Gasteiger partial charge in [-0.2, -0.15) is 5.10 Å². The molecular weight excluding hydrogens is 402 g/mol. The molecule has 1 amide bonds. The van der Waals surface area contributed by atoms with Crippen LogP contribution in [0, 0.1) is 0 Å². The summed E-state index contributed by atoms with van der Waals surface area (Å²) in [5.74, 6) is 0.365. The second-order valence-corrected chi connectivity index (χ2v) is 7.38. The summed E-state index contributed by atoms with van der Waals surface area (Å²) in [5.41, 5.74) is 3.79. The van der Waals surface area contributed by atoms with Crippen molar-refractivity contribution in [2.24, 2.45) is 0 Å². The lowest BCUT2D eigenvalue weighted by molar-refractivity contribution is -0.116. The third kappa shape index (κ3) is 5.57. The zero-order valence-electron chi connectivity index (χ0n) is 17.9. The molecule has 0 aliphatic carbocycles. The van der Waals surface area contributed by atoms with Gasteiger partial charge in [0.25, 0.3) is 0 Å². The molecule has 0 unspecified atom stereocenters. The van der Waals surface area contributed by atoms with E-state index in [4.69, 9.17) is 4.74 Å². The summed E-state index contributed by atoms with van der Waals surface area (Å²) in [6, 6.07) is 17.9. The average Bonchev–Trinajstić information content (AvgIpc) is 3.33. The summed E-state index contributed by atoms with van der Waals surface area (Å²) in [5, 5.41) is 8.03. The summed E-state index contributed by atoms with van der Waals surface area (Å²) >= 11 is 0. The molecule has 2 aromatic carbocycles. The topological polar surface area (TPSA) is 81.9 Å². The quantitative estimate of drug-likeness (QED) is 0.409. The van der Waals surface area contributed by atoms with E-state index < -0.39 is 0 Å². The molecule has 7 heteroatoms. The molecule has 0 atom stereocenters. The maximum absolute atomic E-state index is 12.4. The molecule has 4 rings (SSSR count).